The number of hydrogen-bond acceptors (Lipinski definition) is 5. The van der Waals surface area contributed by atoms with Crippen molar-refractivity contribution in [2.75, 3.05) is 34.3 Å². The summed E-state index contributed by atoms with van der Waals surface area (Å²) in [5, 5.41) is 3.47. The second-order valence-corrected chi connectivity index (χ2v) is 8.33. The Kier molecular flexibility index (Phi) is 8.20. The number of ether oxygens (including phenoxy) is 2. The molecule has 0 aliphatic carbocycles. The molecule has 0 spiro atoms. The van der Waals surface area contributed by atoms with Gasteiger partial charge < -0.3 is 24.6 Å². The van der Waals surface area contributed by atoms with Gasteiger partial charge in [0.25, 0.3) is 0 Å². The highest BCUT2D eigenvalue weighted by molar-refractivity contribution is 5.79. The van der Waals surface area contributed by atoms with Crippen LogP contribution in [0, 0.1) is 0 Å². The Hall–Kier alpha value is -2.78. The van der Waals surface area contributed by atoms with Crippen molar-refractivity contribution in [3.8, 4) is 11.5 Å². The van der Waals surface area contributed by atoms with E-state index in [1.165, 1.54) is 25.3 Å². The van der Waals surface area contributed by atoms with Gasteiger partial charge in [0.2, 0.25) is 5.91 Å². The molecule has 1 N–H and O–H groups in total. The first kappa shape index (κ1) is 24.9. The van der Waals surface area contributed by atoms with Crippen LogP contribution in [0.5, 0.6) is 11.5 Å². The van der Waals surface area contributed by atoms with Crippen LogP contribution in [0.15, 0.2) is 48.5 Å². The Morgan fingerprint density at radius 2 is 1.91 bits per heavy atom. The molecule has 0 bridgehead atoms. The summed E-state index contributed by atoms with van der Waals surface area (Å²) in [4.78, 5) is 16.7. The summed E-state index contributed by atoms with van der Waals surface area (Å²) in [5.74, 6) is 0.203. The van der Waals surface area contributed by atoms with Crippen molar-refractivity contribution in [3.05, 3.63) is 59.7 Å². The van der Waals surface area contributed by atoms with E-state index < -0.39 is 6.36 Å². The molecule has 1 aliphatic rings. The number of carbonyl (C=O) groups excluding carboxylic acids is 1. The molecule has 2 unspecified atom stereocenters. The normalized spacial score (nSPS) is 18.9. The summed E-state index contributed by atoms with van der Waals surface area (Å²) >= 11 is 0. The fraction of sp³-hybridized carbons (Fsp3) is 0.458. The van der Waals surface area contributed by atoms with Crippen LogP contribution < -0.4 is 14.8 Å². The average molecular weight is 466 g/mol. The van der Waals surface area contributed by atoms with Gasteiger partial charge in [-0.1, -0.05) is 30.3 Å². The number of halogens is 3. The minimum atomic E-state index is -4.77. The molecule has 0 radical (unpaired) electrons. The van der Waals surface area contributed by atoms with Gasteiger partial charge in [0, 0.05) is 24.7 Å². The smallest absolute Gasteiger partial charge is 0.496 e. The maximum Gasteiger partial charge on any atom is 0.573 e. The van der Waals surface area contributed by atoms with E-state index in [2.05, 4.69) is 10.1 Å². The molecule has 3 rings (SSSR count). The van der Waals surface area contributed by atoms with E-state index in [-0.39, 0.29) is 30.3 Å². The minimum Gasteiger partial charge on any atom is -0.496 e. The molecule has 2 atom stereocenters. The molecule has 1 heterocycles. The first-order valence-electron chi connectivity index (χ1n) is 10.8. The number of likely N-dealkylation sites (N-methyl/N-ethyl adjacent to an activating group) is 1. The lowest BCUT2D eigenvalue weighted by molar-refractivity contribution is -0.274. The molecule has 6 nitrogen and oxygen atoms in total. The van der Waals surface area contributed by atoms with Crippen LogP contribution in [-0.4, -0.2) is 62.4 Å². The first-order chi connectivity index (χ1) is 15.7. The van der Waals surface area contributed by atoms with E-state index in [1.54, 1.807) is 0 Å². The monoisotopic (exact) mass is 465 g/mol. The molecule has 1 fully saturated rings. The highest BCUT2D eigenvalue weighted by atomic mass is 19.4. The lowest BCUT2D eigenvalue weighted by atomic mass is 9.90. The van der Waals surface area contributed by atoms with Crippen molar-refractivity contribution in [1.29, 1.82) is 0 Å². The van der Waals surface area contributed by atoms with Crippen molar-refractivity contribution in [2.45, 2.75) is 37.8 Å². The number of nitrogens with zero attached hydrogens (tertiary/aromatic N) is 2. The number of alkyl halides is 3. The van der Waals surface area contributed by atoms with Crippen LogP contribution in [0.25, 0.3) is 0 Å². The zero-order valence-corrected chi connectivity index (χ0v) is 19.1. The number of methoxy groups -OCH3 is 1. The summed E-state index contributed by atoms with van der Waals surface area (Å²) in [5.41, 5.74) is 1.56. The zero-order chi connectivity index (χ0) is 24.0. The Balaban J connectivity index is 1.83. The molecule has 1 amide bonds. The van der Waals surface area contributed by atoms with Gasteiger partial charge in [-0.15, -0.1) is 13.2 Å². The molecule has 2 aromatic rings. The average Bonchev–Trinajstić information content (AvgIpc) is 2.76. The molecule has 180 valence electrons. The van der Waals surface area contributed by atoms with Crippen LogP contribution in [-0.2, 0) is 11.3 Å². The third-order valence-electron chi connectivity index (χ3n) is 5.58. The van der Waals surface area contributed by atoms with E-state index in [4.69, 9.17) is 4.74 Å². The third-order valence-corrected chi connectivity index (χ3v) is 5.58. The van der Waals surface area contributed by atoms with Crippen LogP contribution in [0.3, 0.4) is 0 Å². The Morgan fingerprint density at radius 1 is 1.18 bits per heavy atom. The zero-order valence-electron chi connectivity index (χ0n) is 19.1. The van der Waals surface area contributed by atoms with Gasteiger partial charge in [0.05, 0.1) is 19.7 Å². The quantitative estimate of drug-likeness (QED) is 0.639. The minimum absolute atomic E-state index is 0.0403. The summed E-state index contributed by atoms with van der Waals surface area (Å²) in [6.45, 7) is 1.23. The second kappa shape index (κ2) is 10.9. The van der Waals surface area contributed by atoms with Gasteiger partial charge in [-0.3, -0.25) is 4.79 Å². The number of piperidine rings is 1. The predicted molar refractivity (Wildman–Crippen MR) is 119 cm³/mol. The van der Waals surface area contributed by atoms with Gasteiger partial charge in [-0.05, 0) is 50.7 Å². The SMILES string of the molecule is COc1ccc(OC(F)(F)F)cc1CNC1CCCN(C(=O)CN(C)C)C1c1ccccc1. The third kappa shape index (κ3) is 6.85. The molecular formula is C24H30F3N3O3. The largest absolute Gasteiger partial charge is 0.573 e. The van der Waals surface area contributed by atoms with Gasteiger partial charge in [-0.25, -0.2) is 0 Å². The number of nitrogens with one attached hydrogen (secondary N) is 1. The Morgan fingerprint density at radius 3 is 2.55 bits per heavy atom. The fourth-order valence-electron chi connectivity index (χ4n) is 4.24. The van der Waals surface area contributed by atoms with Crippen LogP contribution in [0.2, 0.25) is 0 Å². The summed E-state index contributed by atoms with van der Waals surface area (Å²) in [7, 11) is 5.19. The number of carbonyl (C=O) groups is 1. The number of rotatable bonds is 8. The maximum atomic E-state index is 13.0. The highest BCUT2D eigenvalue weighted by Gasteiger charge is 2.35. The summed E-state index contributed by atoms with van der Waals surface area (Å²) in [6, 6.07) is 13.6. The lowest BCUT2D eigenvalue weighted by Gasteiger charge is -2.42. The molecule has 0 aromatic heterocycles. The molecule has 1 aliphatic heterocycles. The van der Waals surface area contributed by atoms with Crippen molar-refractivity contribution < 1.29 is 27.4 Å². The molecule has 0 saturated carbocycles. The first-order valence-corrected chi connectivity index (χ1v) is 10.8. The topological polar surface area (TPSA) is 54.0 Å². The molecule has 2 aromatic carbocycles. The lowest BCUT2D eigenvalue weighted by Crippen LogP contribution is -2.52. The van der Waals surface area contributed by atoms with Crippen molar-refractivity contribution >= 4 is 5.91 Å². The van der Waals surface area contributed by atoms with E-state index in [9.17, 15) is 18.0 Å². The molecule has 33 heavy (non-hydrogen) atoms. The number of hydrogen-bond donors (Lipinski definition) is 1. The van der Waals surface area contributed by atoms with E-state index in [1.807, 2.05) is 54.2 Å². The number of benzene rings is 2. The Labute approximate surface area is 192 Å². The van der Waals surface area contributed by atoms with Gasteiger partial charge in [0.1, 0.15) is 11.5 Å². The standard InChI is InChI=1S/C24H30F3N3O3/c1-29(2)16-22(31)30-13-7-10-20(23(30)17-8-5-4-6-9-17)28-15-18-14-19(33-24(25,26)27)11-12-21(18)32-3/h4-6,8-9,11-12,14,20,23,28H,7,10,13,15-16H2,1-3H3. The molecule has 9 heteroatoms. The van der Waals surface area contributed by atoms with Gasteiger partial charge in [0.15, 0.2) is 0 Å². The van der Waals surface area contributed by atoms with Crippen LogP contribution in [0.1, 0.15) is 30.0 Å². The van der Waals surface area contributed by atoms with E-state index in [0.29, 0.717) is 24.4 Å². The maximum absolute atomic E-state index is 13.0. The van der Waals surface area contributed by atoms with Crippen LogP contribution >= 0.6 is 0 Å². The number of amides is 1. The Bertz CT molecular complexity index is 922. The number of likely N-dealkylation sites (tertiary alicyclic amines) is 1. The predicted octanol–water partition coefficient (Wildman–Crippen LogP) is 3.98. The van der Waals surface area contributed by atoms with Crippen LogP contribution in [0.4, 0.5) is 13.2 Å². The van der Waals surface area contributed by atoms with E-state index >= 15 is 0 Å². The summed E-state index contributed by atoms with van der Waals surface area (Å²) in [6.07, 6.45) is -3.12. The molecular weight excluding hydrogens is 435 g/mol. The highest BCUT2D eigenvalue weighted by Crippen LogP contribution is 2.33. The molecule has 1 saturated heterocycles. The fourth-order valence-corrected chi connectivity index (χ4v) is 4.24. The summed E-state index contributed by atoms with van der Waals surface area (Å²) < 4.78 is 47.4. The van der Waals surface area contributed by atoms with Gasteiger partial charge in [-0.2, -0.15) is 0 Å². The van der Waals surface area contributed by atoms with Gasteiger partial charge >= 0.3 is 6.36 Å². The van der Waals surface area contributed by atoms with Crippen molar-refractivity contribution in [2.24, 2.45) is 0 Å². The second-order valence-electron chi connectivity index (χ2n) is 8.33. The van der Waals surface area contributed by atoms with E-state index in [0.717, 1.165) is 18.4 Å². The van der Waals surface area contributed by atoms with Crippen molar-refractivity contribution in [3.63, 3.8) is 0 Å². The van der Waals surface area contributed by atoms with Crippen molar-refractivity contribution in [1.82, 2.24) is 15.1 Å².